The zero-order valence-corrected chi connectivity index (χ0v) is 17.1. The van der Waals surface area contributed by atoms with Crippen molar-refractivity contribution in [3.05, 3.63) is 75.9 Å². The van der Waals surface area contributed by atoms with E-state index >= 15 is 0 Å². The highest BCUT2D eigenvalue weighted by Gasteiger charge is 2.32. The molecule has 2 aromatic carbocycles. The number of carbonyl (C=O) groups is 1. The van der Waals surface area contributed by atoms with Gasteiger partial charge in [-0.3, -0.25) is 14.9 Å². The Morgan fingerprint density at radius 3 is 2.62 bits per heavy atom. The quantitative estimate of drug-likeness (QED) is 0.383. The van der Waals surface area contributed by atoms with Gasteiger partial charge in [-0.15, -0.1) is 18.3 Å². The number of allylic oxidation sites excluding steroid dienone is 1. The Morgan fingerprint density at radius 2 is 2.03 bits per heavy atom. The van der Waals surface area contributed by atoms with Crippen LogP contribution < -0.4 is 9.47 Å². The van der Waals surface area contributed by atoms with Gasteiger partial charge in [-0.25, -0.2) is 0 Å². The van der Waals surface area contributed by atoms with Gasteiger partial charge in [0.15, 0.2) is 11.5 Å². The molecule has 1 saturated heterocycles. The maximum Gasteiger partial charge on any atom is 0.269 e. The lowest BCUT2D eigenvalue weighted by molar-refractivity contribution is -0.384. The topological polar surface area (TPSA) is 81.9 Å². The fraction of sp³-hybridized carbons (Fsp3) is 0.286. The summed E-state index contributed by atoms with van der Waals surface area (Å²) in [6.07, 6.45) is 2.29. The normalized spacial score (nSPS) is 15.8. The summed E-state index contributed by atoms with van der Waals surface area (Å²) in [5.41, 5.74) is 2.22. The van der Waals surface area contributed by atoms with E-state index in [1.165, 1.54) is 19.2 Å². The number of methoxy groups -OCH3 is 2. The minimum absolute atomic E-state index is 0.0311. The first-order valence-electron chi connectivity index (χ1n) is 9.02. The second-order valence-electron chi connectivity index (χ2n) is 6.43. The van der Waals surface area contributed by atoms with E-state index in [1.54, 1.807) is 54.1 Å². The second-order valence-corrected chi connectivity index (χ2v) is 7.62. The predicted octanol–water partition coefficient (Wildman–Crippen LogP) is 4.23. The Labute approximate surface area is 173 Å². The van der Waals surface area contributed by atoms with Crippen molar-refractivity contribution >= 4 is 23.4 Å². The van der Waals surface area contributed by atoms with E-state index in [4.69, 9.17) is 9.47 Å². The molecule has 1 fully saturated rings. The van der Waals surface area contributed by atoms with Crippen LogP contribution in [0, 0.1) is 10.1 Å². The summed E-state index contributed by atoms with van der Waals surface area (Å²) in [5, 5.41) is 10.7. The highest BCUT2D eigenvalue weighted by molar-refractivity contribution is 7.99. The van der Waals surface area contributed by atoms with E-state index in [1.807, 2.05) is 0 Å². The summed E-state index contributed by atoms with van der Waals surface area (Å²) in [6.45, 7) is 4.36. The maximum atomic E-state index is 13.3. The van der Waals surface area contributed by atoms with Crippen molar-refractivity contribution in [2.75, 3.05) is 26.5 Å². The van der Waals surface area contributed by atoms with Crippen molar-refractivity contribution in [2.24, 2.45) is 0 Å². The molecule has 1 aliphatic heterocycles. The molecule has 8 heteroatoms. The third kappa shape index (κ3) is 4.22. The number of nitro benzene ring substituents is 1. The van der Waals surface area contributed by atoms with Crippen LogP contribution in [0.3, 0.4) is 0 Å². The molecule has 0 N–H and O–H groups in total. The first-order valence-corrected chi connectivity index (χ1v) is 10.1. The average molecular weight is 414 g/mol. The van der Waals surface area contributed by atoms with Gasteiger partial charge < -0.3 is 14.4 Å². The summed E-state index contributed by atoms with van der Waals surface area (Å²) in [4.78, 5) is 25.6. The van der Waals surface area contributed by atoms with Gasteiger partial charge in [0.05, 0.1) is 19.1 Å². The number of carbonyl (C=O) groups excluding carboxylic acids is 1. The molecule has 0 saturated carbocycles. The number of nitro groups is 1. The molecule has 0 unspecified atom stereocenters. The van der Waals surface area contributed by atoms with Gasteiger partial charge in [-0.05, 0) is 36.2 Å². The molecule has 29 heavy (non-hydrogen) atoms. The molecule has 0 radical (unpaired) electrons. The van der Waals surface area contributed by atoms with Crippen molar-refractivity contribution in [2.45, 2.75) is 11.8 Å². The fourth-order valence-corrected chi connectivity index (χ4v) is 4.61. The summed E-state index contributed by atoms with van der Waals surface area (Å²) in [5.74, 6) is 1.76. The Balaban J connectivity index is 1.93. The van der Waals surface area contributed by atoms with Gasteiger partial charge in [0.1, 0.15) is 5.37 Å². The van der Waals surface area contributed by atoms with E-state index < -0.39 is 4.92 Å². The van der Waals surface area contributed by atoms with Gasteiger partial charge in [0, 0.05) is 35.6 Å². The van der Waals surface area contributed by atoms with Crippen molar-refractivity contribution in [3.8, 4) is 11.5 Å². The van der Waals surface area contributed by atoms with Gasteiger partial charge >= 0.3 is 0 Å². The highest BCUT2D eigenvalue weighted by Crippen LogP contribution is 2.40. The van der Waals surface area contributed by atoms with Gasteiger partial charge in [0.25, 0.3) is 11.6 Å². The molecule has 0 aromatic heterocycles. The number of hydrogen-bond donors (Lipinski definition) is 0. The molecular formula is C21H22N2O5S. The van der Waals surface area contributed by atoms with Crippen LogP contribution >= 0.6 is 11.8 Å². The number of thioether (sulfide) groups is 1. The van der Waals surface area contributed by atoms with E-state index in [9.17, 15) is 14.9 Å². The standard InChI is InChI=1S/C21H22N2O5S/c1-4-5-15-12-16(13-18(27-2)19(15)28-3)20(24)22-10-11-29-21(22)14-6-8-17(9-7-14)23(25)26/h4,6-9,12-13,21H,1,5,10-11H2,2-3H3/t21-/m1/s1. The molecule has 7 nitrogen and oxygen atoms in total. The molecular weight excluding hydrogens is 392 g/mol. The van der Waals surface area contributed by atoms with Crippen LogP contribution in [0.25, 0.3) is 0 Å². The maximum absolute atomic E-state index is 13.3. The number of rotatable bonds is 7. The van der Waals surface area contributed by atoms with Crippen LogP contribution in [0.15, 0.2) is 49.1 Å². The van der Waals surface area contributed by atoms with Crippen LogP contribution in [0.2, 0.25) is 0 Å². The number of amides is 1. The van der Waals surface area contributed by atoms with Crippen LogP contribution in [0.5, 0.6) is 11.5 Å². The van der Waals surface area contributed by atoms with Gasteiger partial charge in [-0.1, -0.05) is 6.08 Å². The minimum atomic E-state index is -0.431. The molecule has 0 spiro atoms. The molecule has 1 amide bonds. The van der Waals surface area contributed by atoms with E-state index in [2.05, 4.69) is 6.58 Å². The lowest BCUT2D eigenvalue weighted by atomic mass is 10.0. The zero-order valence-electron chi connectivity index (χ0n) is 16.3. The van der Waals surface area contributed by atoms with E-state index in [0.717, 1.165) is 16.9 Å². The van der Waals surface area contributed by atoms with Gasteiger partial charge in [0.2, 0.25) is 0 Å². The lowest BCUT2D eigenvalue weighted by Gasteiger charge is -2.25. The summed E-state index contributed by atoms with van der Waals surface area (Å²) < 4.78 is 10.9. The molecule has 152 valence electrons. The second kappa shape index (κ2) is 9.00. The first kappa shape index (κ1) is 20.7. The first-order chi connectivity index (χ1) is 14.0. The molecule has 1 atom stereocenters. The number of ether oxygens (including phenoxy) is 2. The van der Waals surface area contributed by atoms with Crippen molar-refractivity contribution < 1.29 is 19.2 Å². The Bertz CT molecular complexity index is 929. The minimum Gasteiger partial charge on any atom is -0.493 e. The van der Waals surface area contributed by atoms with Crippen LogP contribution in [-0.4, -0.2) is 42.2 Å². The van der Waals surface area contributed by atoms with E-state index in [0.29, 0.717) is 30.0 Å². The van der Waals surface area contributed by atoms with Crippen molar-refractivity contribution in [3.63, 3.8) is 0 Å². The molecule has 2 aromatic rings. The third-order valence-electron chi connectivity index (χ3n) is 4.71. The number of hydrogen-bond acceptors (Lipinski definition) is 6. The zero-order chi connectivity index (χ0) is 21.0. The molecule has 1 heterocycles. The third-order valence-corrected chi connectivity index (χ3v) is 5.97. The Kier molecular flexibility index (Phi) is 6.43. The number of nitrogens with zero attached hydrogens (tertiary/aromatic N) is 2. The molecule has 3 rings (SSSR count). The van der Waals surface area contributed by atoms with Crippen molar-refractivity contribution in [1.29, 1.82) is 0 Å². The monoisotopic (exact) mass is 414 g/mol. The molecule has 0 bridgehead atoms. The Morgan fingerprint density at radius 1 is 1.31 bits per heavy atom. The predicted molar refractivity (Wildman–Crippen MR) is 113 cm³/mol. The Hall–Kier alpha value is -3.00. The van der Waals surface area contributed by atoms with Crippen LogP contribution in [0.4, 0.5) is 5.69 Å². The van der Waals surface area contributed by atoms with Crippen LogP contribution in [0.1, 0.15) is 26.9 Å². The SMILES string of the molecule is C=CCc1cc(C(=O)N2CCS[C@@H]2c2ccc([N+](=O)[O-])cc2)cc(OC)c1OC. The molecule has 1 aliphatic rings. The van der Waals surface area contributed by atoms with Crippen LogP contribution in [-0.2, 0) is 6.42 Å². The fourth-order valence-electron chi connectivity index (χ4n) is 3.35. The van der Waals surface area contributed by atoms with Crippen molar-refractivity contribution in [1.82, 2.24) is 4.90 Å². The smallest absolute Gasteiger partial charge is 0.269 e. The number of benzene rings is 2. The molecule has 0 aliphatic carbocycles. The summed E-state index contributed by atoms with van der Waals surface area (Å²) in [6, 6.07) is 9.84. The largest absolute Gasteiger partial charge is 0.493 e. The average Bonchev–Trinajstić information content (AvgIpc) is 3.22. The summed E-state index contributed by atoms with van der Waals surface area (Å²) in [7, 11) is 3.10. The van der Waals surface area contributed by atoms with E-state index in [-0.39, 0.29) is 17.0 Å². The number of non-ortho nitro benzene ring substituents is 1. The highest BCUT2D eigenvalue weighted by atomic mass is 32.2. The lowest BCUT2D eigenvalue weighted by Crippen LogP contribution is -2.30. The summed E-state index contributed by atoms with van der Waals surface area (Å²) >= 11 is 1.64. The van der Waals surface area contributed by atoms with Gasteiger partial charge in [-0.2, -0.15) is 0 Å².